The molecule has 2 aromatic heterocycles. The molecule has 0 amide bonds. The van der Waals surface area contributed by atoms with Gasteiger partial charge in [-0.3, -0.25) is 9.97 Å². The number of fused-ring (bicyclic) bond motifs is 1. The summed E-state index contributed by atoms with van der Waals surface area (Å²) < 4.78 is 5.26. The summed E-state index contributed by atoms with van der Waals surface area (Å²) in [6.07, 6.45) is 4.08. The van der Waals surface area contributed by atoms with Crippen LogP contribution in [0.3, 0.4) is 0 Å². The van der Waals surface area contributed by atoms with Gasteiger partial charge in [0.2, 0.25) is 0 Å². The minimum atomic E-state index is 0.513. The van der Waals surface area contributed by atoms with E-state index in [0.717, 1.165) is 29.6 Å². The molecule has 19 heavy (non-hydrogen) atoms. The highest BCUT2D eigenvalue weighted by molar-refractivity contribution is 5.79. The first-order valence-electron chi connectivity index (χ1n) is 6.05. The van der Waals surface area contributed by atoms with E-state index in [-0.39, 0.29) is 0 Å². The third kappa shape index (κ3) is 2.43. The van der Waals surface area contributed by atoms with E-state index in [9.17, 15) is 0 Å². The van der Waals surface area contributed by atoms with Crippen LogP contribution in [-0.2, 0) is 6.42 Å². The van der Waals surface area contributed by atoms with Gasteiger partial charge in [0.05, 0.1) is 11.0 Å². The zero-order chi connectivity index (χ0) is 13.1. The van der Waals surface area contributed by atoms with Crippen molar-refractivity contribution < 1.29 is 4.52 Å². The summed E-state index contributed by atoms with van der Waals surface area (Å²) in [6.45, 7) is 0.822. The Hall–Kier alpha value is -2.34. The van der Waals surface area contributed by atoms with Crippen molar-refractivity contribution >= 4 is 11.0 Å². The molecule has 0 aliphatic heterocycles. The number of nitrogens with one attached hydrogen (secondary N) is 1. The Bertz CT molecular complexity index is 694. The van der Waals surface area contributed by atoms with Crippen molar-refractivity contribution in [1.82, 2.24) is 25.4 Å². The second kappa shape index (κ2) is 5.11. The monoisotopic (exact) mass is 255 g/mol. The van der Waals surface area contributed by atoms with Crippen LogP contribution in [0.5, 0.6) is 0 Å². The summed E-state index contributed by atoms with van der Waals surface area (Å²) >= 11 is 0. The Labute approximate surface area is 109 Å². The molecule has 0 radical (unpaired) electrons. The second-order valence-electron chi connectivity index (χ2n) is 4.13. The van der Waals surface area contributed by atoms with Crippen LogP contribution in [0.25, 0.3) is 22.5 Å². The first-order chi connectivity index (χ1) is 9.36. The molecule has 0 bridgehead atoms. The van der Waals surface area contributed by atoms with E-state index in [1.807, 2.05) is 25.2 Å². The predicted molar refractivity (Wildman–Crippen MR) is 70.5 cm³/mol. The van der Waals surface area contributed by atoms with E-state index < -0.39 is 0 Å². The largest absolute Gasteiger partial charge is 0.334 e. The third-order valence-corrected chi connectivity index (χ3v) is 2.78. The van der Waals surface area contributed by atoms with Gasteiger partial charge in [0, 0.05) is 30.9 Å². The molecule has 6 nitrogen and oxygen atoms in total. The minimum absolute atomic E-state index is 0.513. The number of rotatable bonds is 4. The van der Waals surface area contributed by atoms with E-state index in [0.29, 0.717) is 11.7 Å². The Balaban J connectivity index is 1.92. The summed E-state index contributed by atoms with van der Waals surface area (Å²) in [7, 11) is 1.89. The maximum absolute atomic E-state index is 5.26. The Morgan fingerprint density at radius 3 is 2.84 bits per heavy atom. The highest BCUT2D eigenvalue weighted by atomic mass is 16.5. The fourth-order valence-corrected chi connectivity index (χ4v) is 1.81. The van der Waals surface area contributed by atoms with Crippen LogP contribution in [0.1, 0.15) is 5.82 Å². The van der Waals surface area contributed by atoms with Crippen LogP contribution < -0.4 is 5.32 Å². The van der Waals surface area contributed by atoms with Gasteiger partial charge in [-0.2, -0.15) is 4.98 Å². The summed E-state index contributed by atoms with van der Waals surface area (Å²) in [5.41, 5.74) is 2.52. The van der Waals surface area contributed by atoms with Gasteiger partial charge >= 0.3 is 0 Å². The molecule has 0 unspecified atom stereocenters. The lowest BCUT2D eigenvalue weighted by molar-refractivity contribution is 0.422. The average Bonchev–Trinajstić information content (AvgIpc) is 2.93. The molecule has 0 saturated heterocycles. The van der Waals surface area contributed by atoms with E-state index in [4.69, 9.17) is 4.52 Å². The smallest absolute Gasteiger partial charge is 0.257 e. The molecule has 96 valence electrons. The van der Waals surface area contributed by atoms with Gasteiger partial charge in [-0.1, -0.05) is 5.16 Å². The van der Waals surface area contributed by atoms with Gasteiger partial charge in [-0.05, 0) is 25.2 Å². The number of benzene rings is 1. The fraction of sp³-hybridized carbons (Fsp3) is 0.231. The summed E-state index contributed by atoms with van der Waals surface area (Å²) in [4.78, 5) is 12.8. The maximum Gasteiger partial charge on any atom is 0.257 e. The molecule has 0 fully saturated rings. The van der Waals surface area contributed by atoms with Crippen LogP contribution in [0.4, 0.5) is 0 Å². The molecule has 0 atom stereocenters. The van der Waals surface area contributed by atoms with Gasteiger partial charge in [0.25, 0.3) is 5.89 Å². The van der Waals surface area contributed by atoms with Crippen LogP contribution in [0.15, 0.2) is 35.1 Å². The molecule has 3 aromatic rings. The number of hydrogen-bond acceptors (Lipinski definition) is 6. The first-order valence-corrected chi connectivity index (χ1v) is 6.05. The van der Waals surface area contributed by atoms with Crippen LogP contribution >= 0.6 is 0 Å². The molecule has 1 N–H and O–H groups in total. The van der Waals surface area contributed by atoms with Crippen molar-refractivity contribution in [3.05, 3.63) is 36.4 Å². The van der Waals surface area contributed by atoms with Crippen molar-refractivity contribution in [2.45, 2.75) is 6.42 Å². The predicted octanol–water partition coefficient (Wildman–Crippen LogP) is 1.44. The molecule has 0 spiro atoms. The number of aromatic nitrogens is 4. The molecule has 1 aromatic carbocycles. The van der Waals surface area contributed by atoms with Crippen LogP contribution in [0, 0.1) is 0 Å². The maximum atomic E-state index is 5.26. The quantitative estimate of drug-likeness (QED) is 0.760. The lowest BCUT2D eigenvalue weighted by Crippen LogP contribution is -2.10. The number of likely N-dealkylation sites (N-methyl/N-ethyl adjacent to an activating group) is 1. The lowest BCUT2D eigenvalue weighted by Gasteiger charge is -1.97. The molecule has 0 aliphatic carbocycles. The SMILES string of the molecule is CNCCc1noc(-c2ccc3nccnc3c2)n1. The minimum Gasteiger partial charge on any atom is -0.334 e. The van der Waals surface area contributed by atoms with Crippen LogP contribution in [0.2, 0.25) is 0 Å². The average molecular weight is 255 g/mol. The van der Waals surface area contributed by atoms with Gasteiger partial charge in [-0.15, -0.1) is 0 Å². The summed E-state index contributed by atoms with van der Waals surface area (Å²) in [6, 6.07) is 5.71. The second-order valence-corrected chi connectivity index (χ2v) is 4.13. The standard InChI is InChI=1S/C13H13N5O/c1-14-5-4-12-17-13(19-18-12)9-2-3-10-11(8-9)16-7-6-15-10/h2-3,6-8,14H,4-5H2,1H3. The first kappa shape index (κ1) is 11.7. The van der Waals surface area contributed by atoms with Gasteiger partial charge in [0.1, 0.15) is 0 Å². The van der Waals surface area contributed by atoms with Gasteiger partial charge in [0.15, 0.2) is 5.82 Å². The van der Waals surface area contributed by atoms with Crippen molar-refractivity contribution in [3.63, 3.8) is 0 Å². The lowest BCUT2D eigenvalue weighted by atomic mass is 10.2. The highest BCUT2D eigenvalue weighted by Gasteiger charge is 2.09. The number of nitrogens with zero attached hydrogens (tertiary/aromatic N) is 4. The Morgan fingerprint density at radius 1 is 1.16 bits per heavy atom. The van der Waals surface area contributed by atoms with Gasteiger partial charge < -0.3 is 9.84 Å². The molecule has 2 heterocycles. The van der Waals surface area contributed by atoms with E-state index in [1.54, 1.807) is 12.4 Å². The molecule has 0 aliphatic rings. The van der Waals surface area contributed by atoms with Gasteiger partial charge in [-0.25, -0.2) is 0 Å². The third-order valence-electron chi connectivity index (χ3n) is 2.78. The Morgan fingerprint density at radius 2 is 2.00 bits per heavy atom. The summed E-state index contributed by atoms with van der Waals surface area (Å²) in [5.74, 6) is 1.21. The van der Waals surface area contributed by atoms with E-state index >= 15 is 0 Å². The zero-order valence-electron chi connectivity index (χ0n) is 10.5. The van der Waals surface area contributed by atoms with Crippen molar-refractivity contribution in [2.24, 2.45) is 0 Å². The number of hydrogen-bond donors (Lipinski definition) is 1. The van der Waals surface area contributed by atoms with E-state index in [2.05, 4.69) is 25.4 Å². The summed E-state index contributed by atoms with van der Waals surface area (Å²) in [5, 5.41) is 7.00. The molecule has 6 heteroatoms. The normalized spacial score (nSPS) is 11.0. The Kier molecular flexibility index (Phi) is 3.16. The van der Waals surface area contributed by atoms with Crippen molar-refractivity contribution in [1.29, 1.82) is 0 Å². The zero-order valence-corrected chi connectivity index (χ0v) is 10.5. The van der Waals surface area contributed by atoms with Crippen LogP contribution in [-0.4, -0.2) is 33.7 Å². The molecule has 3 rings (SSSR count). The molecular formula is C13H13N5O. The molecular weight excluding hydrogens is 242 g/mol. The van der Waals surface area contributed by atoms with Crippen molar-refractivity contribution in [3.8, 4) is 11.5 Å². The highest BCUT2D eigenvalue weighted by Crippen LogP contribution is 2.20. The molecule has 0 saturated carbocycles. The van der Waals surface area contributed by atoms with E-state index in [1.165, 1.54) is 0 Å². The topological polar surface area (TPSA) is 76.7 Å². The van der Waals surface area contributed by atoms with Crippen molar-refractivity contribution in [2.75, 3.05) is 13.6 Å². The fourth-order valence-electron chi connectivity index (χ4n) is 1.81.